The normalized spacial score (nSPS) is 17.2. The van der Waals surface area contributed by atoms with E-state index in [1.165, 1.54) is 0 Å². The van der Waals surface area contributed by atoms with Gasteiger partial charge in [0.2, 0.25) is 0 Å². The lowest BCUT2D eigenvalue weighted by atomic mass is 10.0. The SMILES string of the molecule is CNc1ccc(C(=O)N(C)C2CCN(C)CC2)cc1. The number of piperidine rings is 1. The summed E-state index contributed by atoms with van der Waals surface area (Å²) in [6, 6.07) is 8.03. The van der Waals surface area contributed by atoms with Crippen LogP contribution in [-0.4, -0.2) is 56.0 Å². The van der Waals surface area contributed by atoms with E-state index in [0.29, 0.717) is 6.04 Å². The average molecular weight is 261 g/mol. The highest BCUT2D eigenvalue weighted by Crippen LogP contribution is 2.17. The second kappa shape index (κ2) is 6.06. The van der Waals surface area contributed by atoms with Gasteiger partial charge in [0, 0.05) is 31.4 Å². The van der Waals surface area contributed by atoms with Crippen LogP contribution in [0.4, 0.5) is 5.69 Å². The number of hydrogen-bond donors (Lipinski definition) is 1. The van der Waals surface area contributed by atoms with Crippen molar-refractivity contribution < 1.29 is 4.79 Å². The lowest BCUT2D eigenvalue weighted by Crippen LogP contribution is -2.44. The lowest BCUT2D eigenvalue weighted by molar-refractivity contribution is 0.0659. The van der Waals surface area contributed by atoms with Crippen LogP contribution < -0.4 is 5.32 Å². The number of amides is 1. The highest BCUT2D eigenvalue weighted by atomic mass is 16.2. The summed E-state index contributed by atoms with van der Waals surface area (Å²) in [6.45, 7) is 2.14. The molecule has 1 aliphatic rings. The topological polar surface area (TPSA) is 35.6 Å². The van der Waals surface area contributed by atoms with Crippen LogP contribution in [0.5, 0.6) is 0 Å². The minimum Gasteiger partial charge on any atom is -0.388 e. The van der Waals surface area contributed by atoms with Crippen LogP contribution in [-0.2, 0) is 0 Å². The third kappa shape index (κ3) is 3.26. The highest BCUT2D eigenvalue weighted by molar-refractivity contribution is 5.94. The van der Waals surface area contributed by atoms with Crippen LogP contribution in [0.2, 0.25) is 0 Å². The van der Waals surface area contributed by atoms with Crippen molar-refractivity contribution >= 4 is 11.6 Å². The average Bonchev–Trinajstić information content (AvgIpc) is 2.46. The number of rotatable bonds is 3. The van der Waals surface area contributed by atoms with Crippen LogP contribution in [0.25, 0.3) is 0 Å². The standard InChI is InChI=1S/C15H23N3O/c1-16-13-6-4-12(5-7-13)15(19)18(3)14-8-10-17(2)11-9-14/h4-7,14,16H,8-11H2,1-3H3. The second-order valence-electron chi connectivity index (χ2n) is 5.28. The number of carbonyl (C=O) groups is 1. The van der Waals surface area contributed by atoms with Crippen LogP contribution in [0, 0.1) is 0 Å². The van der Waals surface area contributed by atoms with Gasteiger partial charge in [0.25, 0.3) is 5.91 Å². The van der Waals surface area contributed by atoms with Crippen LogP contribution in [0.15, 0.2) is 24.3 Å². The van der Waals surface area contributed by atoms with E-state index in [4.69, 9.17) is 0 Å². The molecule has 4 nitrogen and oxygen atoms in total. The molecule has 1 heterocycles. The second-order valence-corrected chi connectivity index (χ2v) is 5.28. The van der Waals surface area contributed by atoms with Gasteiger partial charge < -0.3 is 15.1 Å². The number of anilines is 1. The zero-order chi connectivity index (χ0) is 13.8. The molecule has 1 aromatic rings. The maximum Gasteiger partial charge on any atom is 0.253 e. The van der Waals surface area contributed by atoms with Gasteiger partial charge in [-0.1, -0.05) is 0 Å². The molecule has 4 heteroatoms. The molecule has 2 rings (SSSR count). The summed E-state index contributed by atoms with van der Waals surface area (Å²) in [4.78, 5) is 16.6. The summed E-state index contributed by atoms with van der Waals surface area (Å²) in [5.41, 5.74) is 1.79. The van der Waals surface area contributed by atoms with Gasteiger partial charge in [0.1, 0.15) is 0 Å². The molecular weight excluding hydrogens is 238 g/mol. The maximum absolute atomic E-state index is 12.4. The summed E-state index contributed by atoms with van der Waals surface area (Å²) in [5.74, 6) is 0.122. The first-order valence-electron chi connectivity index (χ1n) is 6.85. The maximum atomic E-state index is 12.4. The molecule has 104 valence electrons. The fourth-order valence-corrected chi connectivity index (χ4v) is 2.53. The fraction of sp³-hybridized carbons (Fsp3) is 0.533. The van der Waals surface area contributed by atoms with Crippen molar-refractivity contribution in [2.75, 3.05) is 39.5 Å². The Bertz CT molecular complexity index is 422. The Kier molecular flexibility index (Phi) is 4.43. The van der Waals surface area contributed by atoms with Crippen molar-refractivity contribution in [3.63, 3.8) is 0 Å². The molecule has 0 bridgehead atoms. The summed E-state index contributed by atoms with van der Waals surface area (Å²) >= 11 is 0. The van der Waals surface area contributed by atoms with Gasteiger partial charge in [-0.2, -0.15) is 0 Å². The molecule has 1 aromatic carbocycles. The van der Waals surface area contributed by atoms with Gasteiger partial charge in [-0.25, -0.2) is 0 Å². The lowest BCUT2D eigenvalue weighted by Gasteiger charge is -2.35. The van der Waals surface area contributed by atoms with Gasteiger partial charge in [-0.05, 0) is 57.2 Å². The minimum atomic E-state index is 0.122. The predicted molar refractivity (Wildman–Crippen MR) is 78.6 cm³/mol. The number of nitrogens with one attached hydrogen (secondary N) is 1. The van der Waals surface area contributed by atoms with Crippen molar-refractivity contribution in [3.8, 4) is 0 Å². The quantitative estimate of drug-likeness (QED) is 0.902. The number of benzene rings is 1. The zero-order valence-electron chi connectivity index (χ0n) is 12.0. The van der Waals surface area contributed by atoms with E-state index in [-0.39, 0.29) is 5.91 Å². The molecule has 0 unspecified atom stereocenters. The van der Waals surface area contributed by atoms with Crippen molar-refractivity contribution in [3.05, 3.63) is 29.8 Å². The number of likely N-dealkylation sites (tertiary alicyclic amines) is 1. The Morgan fingerprint density at radius 1 is 1.26 bits per heavy atom. The molecule has 1 saturated heterocycles. The van der Waals surface area contributed by atoms with E-state index < -0.39 is 0 Å². The van der Waals surface area contributed by atoms with E-state index in [2.05, 4.69) is 17.3 Å². The Balaban J connectivity index is 2.01. The molecule has 0 radical (unpaired) electrons. The van der Waals surface area contributed by atoms with Crippen molar-refractivity contribution in [1.82, 2.24) is 9.80 Å². The fourth-order valence-electron chi connectivity index (χ4n) is 2.53. The molecule has 1 fully saturated rings. The van der Waals surface area contributed by atoms with Gasteiger partial charge in [-0.3, -0.25) is 4.79 Å². The Labute approximate surface area is 115 Å². The van der Waals surface area contributed by atoms with Crippen molar-refractivity contribution in [1.29, 1.82) is 0 Å². The Morgan fingerprint density at radius 3 is 2.37 bits per heavy atom. The first-order valence-corrected chi connectivity index (χ1v) is 6.85. The van der Waals surface area contributed by atoms with Gasteiger partial charge in [-0.15, -0.1) is 0 Å². The van der Waals surface area contributed by atoms with Gasteiger partial charge in [0.15, 0.2) is 0 Å². The van der Waals surface area contributed by atoms with Crippen LogP contribution in [0.3, 0.4) is 0 Å². The molecule has 0 atom stereocenters. The summed E-state index contributed by atoms with van der Waals surface area (Å²) in [7, 11) is 5.93. The third-order valence-electron chi connectivity index (χ3n) is 3.98. The third-order valence-corrected chi connectivity index (χ3v) is 3.98. The molecule has 19 heavy (non-hydrogen) atoms. The predicted octanol–water partition coefficient (Wildman–Crippen LogP) is 1.89. The Morgan fingerprint density at radius 2 is 1.84 bits per heavy atom. The van der Waals surface area contributed by atoms with Crippen molar-refractivity contribution in [2.24, 2.45) is 0 Å². The largest absolute Gasteiger partial charge is 0.388 e. The van der Waals surface area contributed by atoms with Crippen LogP contribution in [0.1, 0.15) is 23.2 Å². The van der Waals surface area contributed by atoms with E-state index in [1.807, 2.05) is 43.3 Å². The number of carbonyl (C=O) groups excluding carboxylic acids is 1. The van der Waals surface area contributed by atoms with E-state index in [9.17, 15) is 4.79 Å². The highest BCUT2D eigenvalue weighted by Gasteiger charge is 2.24. The molecule has 0 aromatic heterocycles. The first kappa shape index (κ1) is 13.9. The summed E-state index contributed by atoms with van der Waals surface area (Å²) < 4.78 is 0. The van der Waals surface area contributed by atoms with Gasteiger partial charge in [0.05, 0.1) is 0 Å². The van der Waals surface area contributed by atoms with E-state index in [0.717, 1.165) is 37.2 Å². The zero-order valence-corrected chi connectivity index (χ0v) is 12.0. The minimum absolute atomic E-state index is 0.122. The number of hydrogen-bond acceptors (Lipinski definition) is 3. The number of nitrogens with zero attached hydrogens (tertiary/aromatic N) is 2. The monoisotopic (exact) mass is 261 g/mol. The first-order chi connectivity index (χ1) is 9.11. The molecular formula is C15H23N3O. The smallest absolute Gasteiger partial charge is 0.253 e. The summed E-state index contributed by atoms with van der Waals surface area (Å²) in [5, 5.41) is 3.06. The molecule has 0 aliphatic carbocycles. The van der Waals surface area contributed by atoms with Crippen molar-refractivity contribution in [2.45, 2.75) is 18.9 Å². The summed E-state index contributed by atoms with van der Waals surface area (Å²) in [6.07, 6.45) is 2.13. The van der Waals surface area contributed by atoms with E-state index in [1.54, 1.807) is 0 Å². The molecule has 0 saturated carbocycles. The van der Waals surface area contributed by atoms with Crippen LogP contribution >= 0.6 is 0 Å². The van der Waals surface area contributed by atoms with E-state index >= 15 is 0 Å². The molecule has 0 spiro atoms. The molecule has 1 amide bonds. The molecule has 1 aliphatic heterocycles. The van der Waals surface area contributed by atoms with Gasteiger partial charge >= 0.3 is 0 Å². The Hall–Kier alpha value is -1.55. The molecule has 1 N–H and O–H groups in total.